The predicted molar refractivity (Wildman–Crippen MR) is 75.9 cm³/mol. The van der Waals surface area contributed by atoms with Gasteiger partial charge >= 0.3 is 0 Å². The van der Waals surface area contributed by atoms with Gasteiger partial charge in [-0.05, 0) is 31.2 Å². The highest BCUT2D eigenvalue weighted by atomic mass is 32.1. The van der Waals surface area contributed by atoms with Gasteiger partial charge in [-0.2, -0.15) is 0 Å². The van der Waals surface area contributed by atoms with Gasteiger partial charge in [-0.25, -0.2) is 0 Å². The molecule has 0 radical (unpaired) electrons. The molecule has 1 heterocycles. The van der Waals surface area contributed by atoms with Crippen molar-refractivity contribution in [3.05, 3.63) is 22.4 Å². The quantitative estimate of drug-likeness (QED) is 0.821. The van der Waals surface area contributed by atoms with Crippen LogP contribution in [-0.2, 0) is 11.2 Å². The molecule has 1 aliphatic rings. The molecule has 1 fully saturated rings. The molecule has 0 spiro atoms. The molecule has 2 rings (SSSR count). The number of carbonyl (C=O) groups excluding carboxylic acids is 1. The lowest BCUT2D eigenvalue weighted by atomic mass is 10.2. The van der Waals surface area contributed by atoms with E-state index in [-0.39, 0.29) is 11.9 Å². The Hall–Kier alpha value is -0.870. The Morgan fingerprint density at radius 2 is 2.39 bits per heavy atom. The second kappa shape index (κ2) is 6.34. The summed E-state index contributed by atoms with van der Waals surface area (Å²) in [5.41, 5.74) is 0. The standard InChI is InChI=1S/C14H22N2OS/c1-11(10-13-4-3-9-18-13)16(2)14(17)7-8-15-12-5-6-12/h3-4,9,11-12,15H,5-8,10H2,1-2H3. The topological polar surface area (TPSA) is 32.3 Å². The summed E-state index contributed by atoms with van der Waals surface area (Å²) in [6, 6.07) is 5.16. The fourth-order valence-corrected chi connectivity index (χ4v) is 2.78. The number of nitrogens with zero attached hydrogens (tertiary/aromatic N) is 1. The molecule has 1 atom stereocenters. The maximum atomic E-state index is 12.0. The Morgan fingerprint density at radius 1 is 1.61 bits per heavy atom. The molecular formula is C14H22N2OS. The van der Waals surface area contributed by atoms with Crippen molar-refractivity contribution in [3.8, 4) is 0 Å². The molecule has 1 N–H and O–H groups in total. The summed E-state index contributed by atoms with van der Waals surface area (Å²) >= 11 is 1.76. The summed E-state index contributed by atoms with van der Waals surface area (Å²) in [5, 5.41) is 5.47. The highest BCUT2D eigenvalue weighted by Crippen LogP contribution is 2.18. The van der Waals surface area contributed by atoms with Gasteiger partial charge in [0.2, 0.25) is 5.91 Å². The van der Waals surface area contributed by atoms with Crippen molar-refractivity contribution in [2.75, 3.05) is 13.6 Å². The minimum Gasteiger partial charge on any atom is -0.343 e. The van der Waals surface area contributed by atoms with Crippen LogP contribution in [0.3, 0.4) is 0 Å². The second-order valence-corrected chi connectivity index (χ2v) is 6.15. The van der Waals surface area contributed by atoms with E-state index in [4.69, 9.17) is 0 Å². The van der Waals surface area contributed by atoms with Crippen LogP contribution in [0.4, 0.5) is 0 Å². The Bertz CT molecular complexity index is 373. The molecule has 0 aromatic carbocycles. The summed E-state index contributed by atoms with van der Waals surface area (Å²) in [7, 11) is 1.91. The molecule has 100 valence electrons. The maximum absolute atomic E-state index is 12.0. The van der Waals surface area contributed by atoms with E-state index in [1.807, 2.05) is 11.9 Å². The van der Waals surface area contributed by atoms with E-state index < -0.39 is 0 Å². The molecule has 1 saturated carbocycles. The third-order valence-electron chi connectivity index (χ3n) is 3.48. The minimum absolute atomic E-state index is 0.243. The Kier molecular flexibility index (Phi) is 4.78. The fraction of sp³-hybridized carbons (Fsp3) is 0.643. The van der Waals surface area contributed by atoms with Gasteiger partial charge in [-0.1, -0.05) is 6.07 Å². The number of amides is 1. The zero-order valence-electron chi connectivity index (χ0n) is 11.2. The molecule has 0 aliphatic heterocycles. The molecule has 4 heteroatoms. The summed E-state index contributed by atoms with van der Waals surface area (Å²) in [6.45, 7) is 2.94. The fourth-order valence-electron chi connectivity index (χ4n) is 1.95. The predicted octanol–water partition coefficient (Wildman–Crippen LogP) is 2.28. The van der Waals surface area contributed by atoms with E-state index in [0.29, 0.717) is 12.5 Å². The minimum atomic E-state index is 0.243. The molecule has 1 aliphatic carbocycles. The van der Waals surface area contributed by atoms with Gasteiger partial charge in [0, 0.05) is 43.4 Å². The van der Waals surface area contributed by atoms with Crippen LogP contribution in [0.1, 0.15) is 31.1 Å². The molecule has 0 bridgehead atoms. The average molecular weight is 266 g/mol. The van der Waals surface area contributed by atoms with E-state index in [0.717, 1.165) is 13.0 Å². The van der Waals surface area contributed by atoms with E-state index in [1.54, 1.807) is 11.3 Å². The van der Waals surface area contributed by atoms with Crippen LogP contribution >= 0.6 is 11.3 Å². The monoisotopic (exact) mass is 266 g/mol. The van der Waals surface area contributed by atoms with Crippen molar-refractivity contribution >= 4 is 17.2 Å². The lowest BCUT2D eigenvalue weighted by molar-refractivity contribution is -0.131. The Morgan fingerprint density at radius 3 is 3.00 bits per heavy atom. The van der Waals surface area contributed by atoms with E-state index >= 15 is 0 Å². The first kappa shape index (κ1) is 13.6. The lowest BCUT2D eigenvalue weighted by Gasteiger charge is -2.24. The van der Waals surface area contributed by atoms with Crippen molar-refractivity contribution in [3.63, 3.8) is 0 Å². The molecule has 1 amide bonds. The first-order valence-electron chi connectivity index (χ1n) is 6.68. The van der Waals surface area contributed by atoms with Gasteiger partial charge in [0.05, 0.1) is 0 Å². The molecule has 1 aromatic heterocycles. The van der Waals surface area contributed by atoms with Crippen LogP contribution < -0.4 is 5.32 Å². The summed E-state index contributed by atoms with van der Waals surface area (Å²) < 4.78 is 0. The molecule has 1 aromatic rings. The Balaban J connectivity index is 1.70. The highest BCUT2D eigenvalue weighted by Gasteiger charge is 2.21. The third-order valence-corrected chi connectivity index (χ3v) is 4.38. The number of nitrogens with one attached hydrogen (secondary N) is 1. The van der Waals surface area contributed by atoms with Gasteiger partial charge in [-0.3, -0.25) is 4.79 Å². The molecule has 1 unspecified atom stereocenters. The van der Waals surface area contributed by atoms with Gasteiger partial charge in [0.1, 0.15) is 0 Å². The molecule has 18 heavy (non-hydrogen) atoms. The zero-order valence-corrected chi connectivity index (χ0v) is 12.0. The number of hydrogen-bond donors (Lipinski definition) is 1. The SMILES string of the molecule is CC(Cc1cccs1)N(C)C(=O)CCNC1CC1. The largest absolute Gasteiger partial charge is 0.343 e. The summed E-state index contributed by atoms with van der Waals surface area (Å²) in [6.07, 6.45) is 4.12. The van der Waals surface area contributed by atoms with Crippen LogP contribution in [0, 0.1) is 0 Å². The molecule has 3 nitrogen and oxygen atoms in total. The third kappa shape index (κ3) is 4.10. The van der Waals surface area contributed by atoms with E-state index in [9.17, 15) is 4.79 Å². The van der Waals surface area contributed by atoms with Crippen LogP contribution in [0.15, 0.2) is 17.5 Å². The van der Waals surface area contributed by atoms with Gasteiger partial charge in [-0.15, -0.1) is 11.3 Å². The number of thiophene rings is 1. The van der Waals surface area contributed by atoms with Gasteiger partial charge in [0.15, 0.2) is 0 Å². The van der Waals surface area contributed by atoms with Crippen LogP contribution in [0.5, 0.6) is 0 Å². The van der Waals surface area contributed by atoms with Crippen LogP contribution in [0.2, 0.25) is 0 Å². The summed E-state index contributed by atoms with van der Waals surface area (Å²) in [5.74, 6) is 0.243. The van der Waals surface area contributed by atoms with E-state index in [1.165, 1.54) is 17.7 Å². The van der Waals surface area contributed by atoms with Crippen molar-refractivity contribution in [2.24, 2.45) is 0 Å². The number of likely N-dealkylation sites (N-methyl/N-ethyl adjacent to an activating group) is 1. The van der Waals surface area contributed by atoms with Crippen molar-refractivity contribution in [2.45, 2.75) is 44.7 Å². The van der Waals surface area contributed by atoms with Crippen LogP contribution in [-0.4, -0.2) is 36.5 Å². The van der Waals surface area contributed by atoms with Gasteiger partial charge in [0.25, 0.3) is 0 Å². The average Bonchev–Trinajstić information content (AvgIpc) is 3.04. The van der Waals surface area contributed by atoms with Crippen LogP contribution in [0.25, 0.3) is 0 Å². The first-order valence-corrected chi connectivity index (χ1v) is 7.56. The Labute approximate surface area is 113 Å². The first-order chi connectivity index (χ1) is 8.66. The van der Waals surface area contributed by atoms with Crippen molar-refractivity contribution < 1.29 is 4.79 Å². The number of carbonyl (C=O) groups is 1. The van der Waals surface area contributed by atoms with Gasteiger partial charge < -0.3 is 10.2 Å². The number of rotatable bonds is 7. The maximum Gasteiger partial charge on any atom is 0.223 e. The second-order valence-electron chi connectivity index (χ2n) is 5.12. The highest BCUT2D eigenvalue weighted by molar-refractivity contribution is 7.09. The normalized spacial score (nSPS) is 16.6. The van der Waals surface area contributed by atoms with E-state index in [2.05, 4.69) is 29.8 Å². The number of hydrogen-bond acceptors (Lipinski definition) is 3. The van der Waals surface area contributed by atoms with Crippen molar-refractivity contribution in [1.29, 1.82) is 0 Å². The summed E-state index contributed by atoms with van der Waals surface area (Å²) in [4.78, 5) is 15.2. The zero-order chi connectivity index (χ0) is 13.0. The molecule has 0 saturated heterocycles. The lowest BCUT2D eigenvalue weighted by Crippen LogP contribution is -2.37. The van der Waals surface area contributed by atoms with Crippen molar-refractivity contribution in [1.82, 2.24) is 10.2 Å². The molecular weight excluding hydrogens is 244 g/mol. The smallest absolute Gasteiger partial charge is 0.223 e.